The second-order valence-electron chi connectivity index (χ2n) is 5.21. The summed E-state index contributed by atoms with van der Waals surface area (Å²) in [5.41, 5.74) is 1.63. The average Bonchev–Trinajstić information content (AvgIpc) is 3.04. The van der Waals surface area contributed by atoms with E-state index in [1.807, 2.05) is 6.92 Å². The first kappa shape index (κ1) is 17.5. The number of amides is 1. The summed E-state index contributed by atoms with van der Waals surface area (Å²) < 4.78 is 4.99. The second kappa shape index (κ2) is 8.66. The molecule has 0 saturated heterocycles. The molecule has 0 aliphatic carbocycles. The number of nitro benzene ring substituents is 1. The Morgan fingerprint density at radius 3 is 2.79 bits per heavy atom. The molecule has 0 unspecified atom stereocenters. The highest BCUT2D eigenvalue weighted by atomic mass is 16.6. The van der Waals surface area contributed by atoms with Crippen LogP contribution in [0.4, 0.5) is 10.5 Å². The van der Waals surface area contributed by atoms with Crippen molar-refractivity contribution in [1.82, 2.24) is 15.3 Å². The number of non-ortho nitro benzene ring substituents is 1. The van der Waals surface area contributed by atoms with Gasteiger partial charge < -0.3 is 15.0 Å². The smallest absolute Gasteiger partial charge is 0.407 e. The number of aromatic amines is 1. The van der Waals surface area contributed by atoms with Crippen LogP contribution >= 0.6 is 0 Å². The largest absolute Gasteiger partial charge is 0.450 e. The van der Waals surface area contributed by atoms with Gasteiger partial charge in [0.15, 0.2) is 0 Å². The predicted octanol–water partition coefficient (Wildman–Crippen LogP) is 3.05. The van der Waals surface area contributed by atoms with Gasteiger partial charge in [-0.1, -0.05) is 13.3 Å². The van der Waals surface area contributed by atoms with E-state index in [-0.39, 0.29) is 5.69 Å². The van der Waals surface area contributed by atoms with E-state index in [0.29, 0.717) is 19.6 Å². The highest BCUT2D eigenvalue weighted by Gasteiger charge is 2.08. The lowest BCUT2D eigenvalue weighted by molar-refractivity contribution is -0.384. The number of rotatable bonds is 8. The zero-order valence-corrected chi connectivity index (χ0v) is 13.4. The summed E-state index contributed by atoms with van der Waals surface area (Å²) in [6, 6.07) is 6.23. The maximum Gasteiger partial charge on any atom is 0.407 e. The van der Waals surface area contributed by atoms with Gasteiger partial charge in [-0.15, -0.1) is 0 Å². The molecule has 0 bridgehead atoms. The molecule has 8 heteroatoms. The van der Waals surface area contributed by atoms with Crippen molar-refractivity contribution >= 4 is 11.8 Å². The molecule has 2 rings (SSSR count). The van der Waals surface area contributed by atoms with Gasteiger partial charge in [0.1, 0.15) is 5.82 Å². The van der Waals surface area contributed by atoms with Crippen molar-refractivity contribution in [2.45, 2.75) is 26.2 Å². The van der Waals surface area contributed by atoms with Gasteiger partial charge >= 0.3 is 6.09 Å². The third-order valence-electron chi connectivity index (χ3n) is 3.38. The van der Waals surface area contributed by atoms with Crippen molar-refractivity contribution in [3.05, 3.63) is 46.4 Å². The van der Waals surface area contributed by atoms with Crippen molar-refractivity contribution in [3.63, 3.8) is 0 Å². The average molecular weight is 332 g/mol. The number of hydrogen-bond donors (Lipinski definition) is 2. The van der Waals surface area contributed by atoms with E-state index < -0.39 is 11.0 Å². The van der Waals surface area contributed by atoms with Crippen molar-refractivity contribution in [2.75, 3.05) is 13.2 Å². The van der Waals surface area contributed by atoms with Crippen LogP contribution in [0.5, 0.6) is 0 Å². The molecule has 0 radical (unpaired) electrons. The van der Waals surface area contributed by atoms with Crippen LogP contribution in [-0.4, -0.2) is 34.1 Å². The first-order valence-corrected chi connectivity index (χ1v) is 7.79. The number of hydrogen-bond acceptors (Lipinski definition) is 5. The van der Waals surface area contributed by atoms with Gasteiger partial charge in [-0.25, -0.2) is 9.78 Å². The molecule has 0 aliphatic rings. The van der Waals surface area contributed by atoms with Crippen LogP contribution in [-0.2, 0) is 11.2 Å². The minimum absolute atomic E-state index is 0.0456. The molecule has 0 saturated carbocycles. The quantitative estimate of drug-likeness (QED) is 0.438. The van der Waals surface area contributed by atoms with Crippen LogP contribution in [0.3, 0.4) is 0 Å². The van der Waals surface area contributed by atoms with E-state index in [1.54, 1.807) is 18.3 Å². The van der Waals surface area contributed by atoms with Crippen LogP contribution < -0.4 is 5.32 Å². The van der Waals surface area contributed by atoms with E-state index in [4.69, 9.17) is 4.74 Å². The Kier molecular flexibility index (Phi) is 6.30. The number of alkyl carbamates (subject to hydrolysis) is 1. The van der Waals surface area contributed by atoms with Gasteiger partial charge in [0.25, 0.3) is 5.69 Å². The Labute approximate surface area is 139 Å². The molecule has 2 N–H and O–H groups in total. The Hall–Kier alpha value is -2.90. The second-order valence-corrected chi connectivity index (χ2v) is 5.21. The fourth-order valence-corrected chi connectivity index (χ4v) is 2.04. The highest BCUT2D eigenvalue weighted by molar-refractivity contribution is 5.67. The number of unbranched alkanes of at least 4 members (excludes halogenated alkanes) is 1. The van der Waals surface area contributed by atoms with Crippen molar-refractivity contribution in [2.24, 2.45) is 0 Å². The molecule has 2 aromatic rings. The number of benzene rings is 1. The number of aromatic nitrogens is 2. The van der Waals surface area contributed by atoms with E-state index in [2.05, 4.69) is 15.3 Å². The van der Waals surface area contributed by atoms with Gasteiger partial charge in [-0.05, 0) is 18.6 Å². The molecule has 0 spiro atoms. The molecular formula is C16H20N4O4. The topological polar surface area (TPSA) is 110 Å². The number of carbonyl (C=O) groups excluding carboxylic acids is 1. The highest BCUT2D eigenvalue weighted by Crippen LogP contribution is 2.20. The summed E-state index contributed by atoms with van der Waals surface area (Å²) in [5.74, 6) is 0.720. The lowest BCUT2D eigenvalue weighted by Gasteiger charge is -2.05. The summed E-state index contributed by atoms with van der Waals surface area (Å²) in [5, 5.41) is 13.3. The summed E-state index contributed by atoms with van der Waals surface area (Å²) in [7, 11) is 0. The number of carbonyl (C=O) groups is 1. The number of nitrogens with zero attached hydrogens (tertiary/aromatic N) is 2. The number of H-pyrrole nitrogens is 1. The van der Waals surface area contributed by atoms with Gasteiger partial charge in [-0.2, -0.15) is 0 Å². The van der Waals surface area contributed by atoms with Crippen molar-refractivity contribution < 1.29 is 14.5 Å². The van der Waals surface area contributed by atoms with E-state index in [1.165, 1.54) is 12.1 Å². The Balaban J connectivity index is 1.82. The Morgan fingerprint density at radius 1 is 1.38 bits per heavy atom. The zero-order chi connectivity index (χ0) is 17.4. The molecule has 0 atom stereocenters. The van der Waals surface area contributed by atoms with Crippen molar-refractivity contribution in [1.29, 1.82) is 0 Å². The third kappa shape index (κ3) is 5.08. The third-order valence-corrected chi connectivity index (χ3v) is 3.38. The molecule has 0 aliphatic heterocycles. The van der Waals surface area contributed by atoms with Gasteiger partial charge in [-0.3, -0.25) is 10.1 Å². The zero-order valence-electron chi connectivity index (χ0n) is 13.4. The fraction of sp³-hybridized carbons (Fsp3) is 0.375. The molecule has 24 heavy (non-hydrogen) atoms. The van der Waals surface area contributed by atoms with E-state index in [0.717, 1.165) is 29.9 Å². The van der Waals surface area contributed by atoms with E-state index >= 15 is 0 Å². The molecule has 1 amide bonds. The predicted molar refractivity (Wildman–Crippen MR) is 88.6 cm³/mol. The summed E-state index contributed by atoms with van der Waals surface area (Å²) >= 11 is 0. The number of ether oxygens (including phenoxy) is 1. The van der Waals surface area contributed by atoms with Gasteiger partial charge in [0.05, 0.1) is 23.4 Å². The SMILES string of the molecule is CCCCOC(=O)NCCc1ncc(-c2ccc([N+](=O)[O-])cc2)[nH]1. The van der Waals surface area contributed by atoms with Crippen molar-refractivity contribution in [3.8, 4) is 11.3 Å². The molecule has 128 valence electrons. The molecule has 1 heterocycles. The molecule has 0 fully saturated rings. The molecule has 1 aromatic carbocycles. The summed E-state index contributed by atoms with van der Waals surface area (Å²) in [6.07, 6.45) is 3.60. The first-order valence-electron chi connectivity index (χ1n) is 7.79. The van der Waals surface area contributed by atoms with Crippen LogP contribution in [0.1, 0.15) is 25.6 Å². The molecule has 1 aromatic heterocycles. The minimum atomic E-state index is -0.437. The Morgan fingerprint density at radius 2 is 2.12 bits per heavy atom. The van der Waals surface area contributed by atoms with Crippen LogP contribution in [0.25, 0.3) is 11.3 Å². The fourth-order valence-electron chi connectivity index (χ4n) is 2.04. The lowest BCUT2D eigenvalue weighted by Crippen LogP contribution is -2.27. The first-order chi connectivity index (χ1) is 11.6. The van der Waals surface area contributed by atoms with Gasteiger partial charge in [0, 0.05) is 30.7 Å². The molecular weight excluding hydrogens is 312 g/mol. The number of nitro groups is 1. The minimum Gasteiger partial charge on any atom is -0.450 e. The van der Waals surface area contributed by atoms with Crippen LogP contribution in [0.2, 0.25) is 0 Å². The molecule has 8 nitrogen and oxygen atoms in total. The lowest BCUT2D eigenvalue weighted by atomic mass is 10.1. The van der Waals surface area contributed by atoms with Gasteiger partial charge in [0.2, 0.25) is 0 Å². The van der Waals surface area contributed by atoms with Crippen LogP contribution in [0, 0.1) is 10.1 Å². The van der Waals surface area contributed by atoms with E-state index in [9.17, 15) is 14.9 Å². The van der Waals surface area contributed by atoms with Crippen LogP contribution in [0.15, 0.2) is 30.5 Å². The normalized spacial score (nSPS) is 10.4. The number of imidazole rings is 1. The summed E-state index contributed by atoms with van der Waals surface area (Å²) in [6.45, 7) is 2.87. The monoisotopic (exact) mass is 332 g/mol. The number of nitrogens with one attached hydrogen (secondary N) is 2. The maximum atomic E-state index is 11.4. The summed E-state index contributed by atoms with van der Waals surface area (Å²) in [4.78, 5) is 29.0. The maximum absolute atomic E-state index is 11.4. The Bertz CT molecular complexity index is 682. The standard InChI is InChI=1S/C16H20N4O4/c1-2-3-10-24-16(21)17-9-8-15-18-11-14(19-15)12-4-6-13(7-5-12)20(22)23/h4-7,11H,2-3,8-10H2,1H3,(H,17,21)(H,18,19).